The number of likely N-dealkylation sites (tertiary alicyclic amines) is 1. The molecule has 2 heterocycles. The second kappa shape index (κ2) is 10.6. The van der Waals surface area contributed by atoms with Gasteiger partial charge in [0.15, 0.2) is 0 Å². The highest BCUT2D eigenvalue weighted by Gasteiger charge is 2.48. The van der Waals surface area contributed by atoms with Crippen LogP contribution in [-0.4, -0.2) is 99.1 Å². The molecule has 10 heteroatoms. The number of nitrogens with zero attached hydrogens (tertiary/aromatic N) is 1. The lowest BCUT2D eigenvalue weighted by molar-refractivity contribution is -0.211. The average molecular weight is 429 g/mol. The Morgan fingerprint density at radius 2 is 1.93 bits per heavy atom. The van der Waals surface area contributed by atoms with Crippen molar-refractivity contribution in [2.24, 2.45) is 5.92 Å². The maximum Gasteiger partial charge on any atom is 0.237 e. The Labute approximate surface area is 171 Å². The first kappa shape index (κ1) is 24.9. The second-order valence-corrected chi connectivity index (χ2v) is 8.35. The smallest absolute Gasteiger partial charge is 0.237 e. The summed E-state index contributed by atoms with van der Waals surface area (Å²) in [6.07, 6.45) is -2.65. The number of amides is 1. The van der Waals surface area contributed by atoms with Crippen LogP contribution in [0.3, 0.4) is 0 Å². The maximum absolute atomic E-state index is 12.8. The van der Waals surface area contributed by atoms with E-state index in [-0.39, 0.29) is 24.4 Å². The highest BCUT2D eigenvalue weighted by atomic mass is 35.5. The minimum atomic E-state index is -1.42. The Bertz CT molecular complexity index is 486. The Kier molecular flexibility index (Phi) is 9.77. The number of ether oxygens (including phenoxy) is 1. The van der Waals surface area contributed by atoms with Gasteiger partial charge in [0.05, 0.1) is 18.2 Å². The van der Waals surface area contributed by atoms with E-state index in [2.05, 4.69) is 12.2 Å². The van der Waals surface area contributed by atoms with E-state index in [4.69, 9.17) is 4.74 Å². The molecular weight excluding hydrogens is 396 g/mol. The molecule has 0 spiro atoms. The normalized spacial score (nSPS) is 39.5. The van der Waals surface area contributed by atoms with Crippen molar-refractivity contribution in [1.29, 1.82) is 0 Å². The molecule has 8 nitrogen and oxygen atoms in total. The van der Waals surface area contributed by atoms with Crippen LogP contribution in [0, 0.1) is 5.92 Å². The number of carbonyl (C=O) groups is 1. The molecule has 2 fully saturated rings. The van der Waals surface area contributed by atoms with Gasteiger partial charge in [0.25, 0.3) is 0 Å². The predicted molar refractivity (Wildman–Crippen MR) is 106 cm³/mol. The van der Waals surface area contributed by atoms with Crippen LogP contribution in [0.1, 0.15) is 26.7 Å². The minimum absolute atomic E-state index is 0. The molecule has 2 aliphatic rings. The Morgan fingerprint density at radius 1 is 1.30 bits per heavy atom. The van der Waals surface area contributed by atoms with Crippen LogP contribution in [0.2, 0.25) is 0 Å². The standard InChI is InChI=1S/C17H32N2O6S.ClH/c1-5-9-6-10(19(3)7-9)16(24)18-11(8(2)20)15-13(22)12(21)14(23)17(25-15)26-4;/h8-15,17,20-23H,5-7H2,1-4H3,(H,18,24);1H. The van der Waals surface area contributed by atoms with Crippen LogP contribution in [0.4, 0.5) is 0 Å². The predicted octanol–water partition coefficient (Wildman–Crippen LogP) is -0.825. The molecule has 1 amide bonds. The van der Waals surface area contributed by atoms with Gasteiger partial charge in [-0.25, -0.2) is 0 Å². The molecule has 0 radical (unpaired) electrons. The van der Waals surface area contributed by atoms with Crippen LogP contribution in [-0.2, 0) is 9.53 Å². The first-order valence-electron chi connectivity index (χ1n) is 9.12. The third-order valence-electron chi connectivity index (χ3n) is 5.54. The highest BCUT2D eigenvalue weighted by molar-refractivity contribution is 7.99. The molecule has 27 heavy (non-hydrogen) atoms. The van der Waals surface area contributed by atoms with Crippen LogP contribution >= 0.6 is 24.2 Å². The number of halogens is 1. The van der Waals surface area contributed by atoms with E-state index in [0.29, 0.717) is 5.92 Å². The number of hydrogen-bond donors (Lipinski definition) is 5. The van der Waals surface area contributed by atoms with E-state index in [1.54, 1.807) is 6.26 Å². The van der Waals surface area contributed by atoms with Crippen molar-refractivity contribution in [1.82, 2.24) is 10.2 Å². The summed E-state index contributed by atoms with van der Waals surface area (Å²) in [5.41, 5.74) is -0.754. The Balaban J connectivity index is 0.00000364. The summed E-state index contributed by atoms with van der Waals surface area (Å²) in [4.78, 5) is 14.8. The minimum Gasteiger partial charge on any atom is -0.391 e. The van der Waals surface area contributed by atoms with Crippen molar-refractivity contribution in [3.05, 3.63) is 0 Å². The van der Waals surface area contributed by atoms with Crippen LogP contribution in [0.5, 0.6) is 0 Å². The molecule has 0 aromatic heterocycles. The molecule has 2 aliphatic heterocycles. The van der Waals surface area contributed by atoms with E-state index >= 15 is 0 Å². The van der Waals surface area contributed by atoms with E-state index in [0.717, 1.165) is 19.4 Å². The van der Waals surface area contributed by atoms with Gasteiger partial charge in [-0.2, -0.15) is 0 Å². The summed E-state index contributed by atoms with van der Waals surface area (Å²) in [6.45, 7) is 4.44. The SMILES string of the molecule is CCC1CC(C(=O)NC(C(C)O)C2OC(SC)C(O)C(O)C2O)N(C)C1.Cl. The number of nitrogens with one attached hydrogen (secondary N) is 1. The van der Waals surface area contributed by atoms with E-state index in [1.807, 2.05) is 11.9 Å². The third kappa shape index (κ3) is 5.48. The first-order chi connectivity index (χ1) is 12.2. The van der Waals surface area contributed by atoms with Crippen molar-refractivity contribution in [3.8, 4) is 0 Å². The molecule has 0 aliphatic carbocycles. The van der Waals surface area contributed by atoms with Crippen molar-refractivity contribution in [2.45, 2.75) is 74.7 Å². The molecular formula is C17H33ClN2O6S. The van der Waals surface area contributed by atoms with Gasteiger partial charge >= 0.3 is 0 Å². The molecule has 2 saturated heterocycles. The molecule has 160 valence electrons. The zero-order chi connectivity index (χ0) is 19.6. The molecule has 0 aromatic rings. The average Bonchev–Trinajstić information content (AvgIpc) is 2.99. The maximum atomic E-state index is 12.8. The number of likely N-dealkylation sites (N-methyl/N-ethyl adjacent to an activating group) is 1. The summed E-state index contributed by atoms with van der Waals surface area (Å²) < 4.78 is 5.70. The molecule has 0 bridgehead atoms. The number of rotatable bonds is 6. The quantitative estimate of drug-likeness (QED) is 0.372. The molecule has 9 unspecified atom stereocenters. The number of aliphatic hydroxyl groups excluding tert-OH is 4. The summed E-state index contributed by atoms with van der Waals surface area (Å²) in [5.74, 6) is 0.224. The second-order valence-electron chi connectivity index (χ2n) is 7.42. The largest absolute Gasteiger partial charge is 0.391 e. The van der Waals surface area contributed by atoms with Crippen LogP contribution in [0.15, 0.2) is 0 Å². The van der Waals surface area contributed by atoms with Crippen LogP contribution in [0.25, 0.3) is 0 Å². The van der Waals surface area contributed by atoms with Crippen molar-refractivity contribution >= 4 is 30.1 Å². The monoisotopic (exact) mass is 428 g/mol. The number of aliphatic hydroxyl groups is 4. The Hall–Kier alpha value is -0.130. The first-order valence-corrected chi connectivity index (χ1v) is 10.4. The van der Waals surface area contributed by atoms with Gasteiger partial charge < -0.3 is 30.5 Å². The van der Waals surface area contributed by atoms with Crippen LogP contribution < -0.4 is 5.32 Å². The lowest BCUT2D eigenvalue weighted by Crippen LogP contribution is -2.65. The molecule has 0 saturated carbocycles. The van der Waals surface area contributed by atoms with Crippen molar-refractivity contribution in [2.75, 3.05) is 19.8 Å². The lowest BCUT2D eigenvalue weighted by atomic mass is 9.92. The van der Waals surface area contributed by atoms with Gasteiger partial charge in [-0.1, -0.05) is 13.3 Å². The van der Waals surface area contributed by atoms with Gasteiger partial charge in [-0.05, 0) is 32.6 Å². The third-order valence-corrected chi connectivity index (χ3v) is 6.39. The van der Waals surface area contributed by atoms with E-state index in [1.165, 1.54) is 18.7 Å². The zero-order valence-electron chi connectivity index (χ0n) is 16.2. The van der Waals surface area contributed by atoms with Gasteiger partial charge in [-0.3, -0.25) is 9.69 Å². The molecule has 5 N–H and O–H groups in total. The fourth-order valence-electron chi connectivity index (χ4n) is 3.81. The van der Waals surface area contributed by atoms with E-state index < -0.39 is 42.0 Å². The highest BCUT2D eigenvalue weighted by Crippen LogP contribution is 2.30. The summed E-state index contributed by atoms with van der Waals surface area (Å²) in [6, 6.07) is -1.20. The van der Waals surface area contributed by atoms with Gasteiger partial charge in [0, 0.05) is 6.54 Å². The number of carbonyl (C=O) groups excluding carboxylic acids is 1. The van der Waals surface area contributed by atoms with Gasteiger partial charge in [-0.15, -0.1) is 24.2 Å². The van der Waals surface area contributed by atoms with Gasteiger partial charge in [0.1, 0.15) is 29.9 Å². The lowest BCUT2D eigenvalue weighted by Gasteiger charge is -2.44. The molecule has 2 rings (SSSR count). The topological polar surface area (TPSA) is 122 Å². The number of hydrogen-bond acceptors (Lipinski definition) is 8. The fourth-order valence-corrected chi connectivity index (χ4v) is 4.49. The molecule has 0 aromatic carbocycles. The molecule has 9 atom stereocenters. The summed E-state index contributed by atoms with van der Waals surface area (Å²) in [7, 11) is 1.90. The zero-order valence-corrected chi connectivity index (χ0v) is 17.8. The Morgan fingerprint density at radius 3 is 2.41 bits per heavy atom. The summed E-state index contributed by atoms with van der Waals surface area (Å²) in [5, 5.41) is 43.4. The number of thioether (sulfide) groups is 1. The van der Waals surface area contributed by atoms with E-state index in [9.17, 15) is 25.2 Å². The summed E-state index contributed by atoms with van der Waals surface area (Å²) >= 11 is 1.19. The van der Waals surface area contributed by atoms with Crippen molar-refractivity contribution in [3.63, 3.8) is 0 Å². The van der Waals surface area contributed by atoms with Crippen molar-refractivity contribution < 1.29 is 30.0 Å². The fraction of sp³-hybridized carbons (Fsp3) is 0.941. The van der Waals surface area contributed by atoms with Gasteiger partial charge in [0.2, 0.25) is 5.91 Å².